The highest BCUT2D eigenvalue weighted by Gasteiger charge is 2.33. The van der Waals surface area contributed by atoms with Crippen LogP contribution in [-0.4, -0.2) is 19.4 Å². The Labute approximate surface area is 68.4 Å². The van der Waals surface area contributed by atoms with Crippen LogP contribution in [0, 0.1) is 11.3 Å². The summed E-state index contributed by atoms with van der Waals surface area (Å²) < 4.78 is 0. The molecule has 1 atom stereocenters. The zero-order valence-electron chi connectivity index (χ0n) is 7.39. The third-order valence-electron chi connectivity index (χ3n) is 2.34. The van der Waals surface area contributed by atoms with Gasteiger partial charge in [0.1, 0.15) is 6.29 Å². The second-order valence-electron chi connectivity index (χ2n) is 4.00. The second-order valence-corrected chi connectivity index (χ2v) is 4.00. The van der Waals surface area contributed by atoms with E-state index in [1.807, 2.05) is 0 Å². The van der Waals surface area contributed by atoms with Crippen molar-refractivity contribution in [2.45, 2.75) is 26.7 Å². The maximum atomic E-state index is 10.8. The van der Waals surface area contributed by atoms with E-state index < -0.39 is 0 Å². The van der Waals surface area contributed by atoms with E-state index in [1.54, 1.807) is 0 Å². The lowest BCUT2D eigenvalue weighted by Crippen LogP contribution is -2.27. The number of carbonyl (C=O) groups excluding carboxylic acids is 1. The summed E-state index contributed by atoms with van der Waals surface area (Å²) in [5, 5.41) is 3.24. The average Bonchev–Trinajstić information content (AvgIpc) is 2.36. The fraction of sp³-hybridized carbons (Fsp3) is 0.889. The molecule has 2 heteroatoms. The van der Waals surface area contributed by atoms with E-state index in [0.29, 0.717) is 5.92 Å². The van der Waals surface area contributed by atoms with Crippen LogP contribution >= 0.6 is 0 Å². The highest BCUT2D eigenvalue weighted by atomic mass is 16.1. The van der Waals surface area contributed by atoms with E-state index in [2.05, 4.69) is 19.2 Å². The molecule has 0 aromatic carbocycles. The molecule has 1 aliphatic rings. The van der Waals surface area contributed by atoms with Crippen LogP contribution in [-0.2, 0) is 4.79 Å². The fourth-order valence-corrected chi connectivity index (χ4v) is 1.90. The Hall–Kier alpha value is -0.370. The van der Waals surface area contributed by atoms with Crippen LogP contribution in [0.15, 0.2) is 0 Å². The van der Waals surface area contributed by atoms with Gasteiger partial charge in [-0.25, -0.2) is 0 Å². The van der Waals surface area contributed by atoms with Crippen LogP contribution in [0.5, 0.6) is 0 Å². The summed E-state index contributed by atoms with van der Waals surface area (Å²) in [5.74, 6) is 0.625. The van der Waals surface area contributed by atoms with Gasteiger partial charge in [-0.3, -0.25) is 0 Å². The third kappa shape index (κ3) is 2.03. The number of hydrogen-bond donors (Lipinski definition) is 1. The van der Waals surface area contributed by atoms with Crippen LogP contribution in [0.4, 0.5) is 0 Å². The lowest BCUT2D eigenvalue weighted by Gasteiger charge is -2.22. The standard InChI is InChI=1S/C9H17NO/c1-8(2)5-9(7-11)3-4-10-6-9/h7-8,10H,3-6H2,1-2H3. The van der Waals surface area contributed by atoms with Crippen LogP contribution in [0.2, 0.25) is 0 Å². The minimum absolute atomic E-state index is 0.0336. The van der Waals surface area contributed by atoms with Crippen molar-refractivity contribution in [1.82, 2.24) is 5.32 Å². The molecule has 1 N–H and O–H groups in total. The molecule has 0 amide bonds. The predicted octanol–water partition coefficient (Wildman–Crippen LogP) is 1.21. The Balaban J connectivity index is 2.52. The summed E-state index contributed by atoms with van der Waals surface area (Å²) in [6.45, 7) is 6.23. The average molecular weight is 155 g/mol. The van der Waals surface area contributed by atoms with Gasteiger partial charge in [-0.05, 0) is 25.3 Å². The first-order chi connectivity index (χ1) is 5.18. The first-order valence-electron chi connectivity index (χ1n) is 4.36. The van der Waals surface area contributed by atoms with E-state index in [-0.39, 0.29) is 5.41 Å². The molecule has 1 fully saturated rings. The molecule has 1 heterocycles. The maximum Gasteiger partial charge on any atom is 0.127 e. The summed E-state index contributed by atoms with van der Waals surface area (Å²) in [5.41, 5.74) is -0.0336. The molecule has 0 saturated carbocycles. The van der Waals surface area contributed by atoms with Gasteiger partial charge >= 0.3 is 0 Å². The molecule has 11 heavy (non-hydrogen) atoms. The van der Waals surface area contributed by atoms with Gasteiger partial charge in [-0.2, -0.15) is 0 Å². The predicted molar refractivity (Wildman–Crippen MR) is 45.4 cm³/mol. The van der Waals surface area contributed by atoms with Gasteiger partial charge in [-0.1, -0.05) is 13.8 Å². The highest BCUT2D eigenvalue weighted by molar-refractivity contribution is 5.60. The Kier molecular flexibility index (Phi) is 2.66. The summed E-state index contributed by atoms with van der Waals surface area (Å²) in [6.07, 6.45) is 3.20. The van der Waals surface area contributed by atoms with Crippen LogP contribution in [0.3, 0.4) is 0 Å². The van der Waals surface area contributed by atoms with E-state index in [9.17, 15) is 4.79 Å². The largest absolute Gasteiger partial charge is 0.316 e. The number of carbonyl (C=O) groups is 1. The van der Waals surface area contributed by atoms with Crippen LogP contribution in [0.1, 0.15) is 26.7 Å². The number of hydrogen-bond acceptors (Lipinski definition) is 2. The molecule has 0 aromatic rings. The van der Waals surface area contributed by atoms with Crippen molar-refractivity contribution in [2.75, 3.05) is 13.1 Å². The van der Waals surface area contributed by atoms with Crippen molar-refractivity contribution in [3.8, 4) is 0 Å². The lowest BCUT2D eigenvalue weighted by atomic mass is 9.81. The van der Waals surface area contributed by atoms with Gasteiger partial charge in [-0.15, -0.1) is 0 Å². The number of nitrogens with one attached hydrogen (secondary N) is 1. The van der Waals surface area contributed by atoms with Crippen molar-refractivity contribution in [1.29, 1.82) is 0 Å². The molecule has 1 saturated heterocycles. The normalized spacial score (nSPS) is 31.2. The number of rotatable bonds is 3. The molecule has 0 aliphatic carbocycles. The van der Waals surface area contributed by atoms with Gasteiger partial charge in [0.05, 0.1) is 0 Å². The summed E-state index contributed by atoms with van der Waals surface area (Å²) in [4.78, 5) is 10.8. The van der Waals surface area contributed by atoms with Crippen LogP contribution in [0.25, 0.3) is 0 Å². The first-order valence-corrected chi connectivity index (χ1v) is 4.36. The van der Waals surface area contributed by atoms with Gasteiger partial charge in [0.2, 0.25) is 0 Å². The van der Waals surface area contributed by atoms with Crippen molar-refractivity contribution >= 4 is 6.29 Å². The Morgan fingerprint density at radius 2 is 2.36 bits per heavy atom. The molecule has 2 nitrogen and oxygen atoms in total. The Morgan fingerprint density at radius 1 is 1.64 bits per heavy atom. The highest BCUT2D eigenvalue weighted by Crippen LogP contribution is 2.30. The minimum atomic E-state index is -0.0336. The molecular formula is C9H17NO. The van der Waals surface area contributed by atoms with Crippen LogP contribution < -0.4 is 5.32 Å². The van der Waals surface area contributed by atoms with Crippen molar-refractivity contribution in [3.63, 3.8) is 0 Å². The summed E-state index contributed by atoms with van der Waals surface area (Å²) >= 11 is 0. The van der Waals surface area contributed by atoms with Gasteiger partial charge in [0.15, 0.2) is 0 Å². The maximum absolute atomic E-state index is 10.8. The molecule has 1 aliphatic heterocycles. The zero-order chi connectivity index (χ0) is 8.32. The fourth-order valence-electron chi connectivity index (χ4n) is 1.90. The van der Waals surface area contributed by atoms with Crippen molar-refractivity contribution < 1.29 is 4.79 Å². The molecule has 64 valence electrons. The van der Waals surface area contributed by atoms with E-state index >= 15 is 0 Å². The molecule has 0 aromatic heterocycles. The Morgan fingerprint density at radius 3 is 2.73 bits per heavy atom. The molecule has 0 spiro atoms. The lowest BCUT2D eigenvalue weighted by molar-refractivity contribution is -0.116. The molecule has 0 radical (unpaired) electrons. The summed E-state index contributed by atoms with van der Waals surface area (Å²) in [7, 11) is 0. The van der Waals surface area contributed by atoms with E-state index in [0.717, 1.165) is 32.2 Å². The molecule has 0 bridgehead atoms. The molecular weight excluding hydrogens is 138 g/mol. The van der Waals surface area contributed by atoms with Gasteiger partial charge < -0.3 is 10.1 Å². The number of aldehydes is 1. The molecule has 1 rings (SSSR count). The zero-order valence-corrected chi connectivity index (χ0v) is 7.39. The van der Waals surface area contributed by atoms with Crippen molar-refractivity contribution in [3.05, 3.63) is 0 Å². The third-order valence-corrected chi connectivity index (χ3v) is 2.34. The van der Waals surface area contributed by atoms with Crippen molar-refractivity contribution in [2.24, 2.45) is 11.3 Å². The van der Waals surface area contributed by atoms with E-state index in [1.165, 1.54) is 0 Å². The Bertz CT molecular complexity index is 136. The second kappa shape index (κ2) is 3.35. The topological polar surface area (TPSA) is 29.1 Å². The van der Waals surface area contributed by atoms with E-state index in [4.69, 9.17) is 0 Å². The monoisotopic (exact) mass is 155 g/mol. The SMILES string of the molecule is CC(C)CC1(C=O)CCNC1. The van der Waals surface area contributed by atoms with Gasteiger partial charge in [0.25, 0.3) is 0 Å². The smallest absolute Gasteiger partial charge is 0.127 e. The van der Waals surface area contributed by atoms with Gasteiger partial charge in [0, 0.05) is 12.0 Å². The summed E-state index contributed by atoms with van der Waals surface area (Å²) in [6, 6.07) is 0. The molecule has 1 unspecified atom stereocenters. The first kappa shape index (κ1) is 8.72. The minimum Gasteiger partial charge on any atom is -0.316 e. The quantitative estimate of drug-likeness (QED) is 0.621.